The summed E-state index contributed by atoms with van der Waals surface area (Å²) >= 11 is 0. The number of anilines is 1. The van der Waals surface area contributed by atoms with E-state index in [1.165, 1.54) is 16.8 Å². The maximum atomic E-state index is 13.3. The van der Waals surface area contributed by atoms with Gasteiger partial charge in [0.25, 0.3) is 10.0 Å². The van der Waals surface area contributed by atoms with Gasteiger partial charge in [-0.2, -0.15) is 23.4 Å². The first-order valence-corrected chi connectivity index (χ1v) is 11.6. The van der Waals surface area contributed by atoms with Gasteiger partial charge in [-0.3, -0.25) is 9.40 Å². The van der Waals surface area contributed by atoms with E-state index in [1.807, 2.05) is 6.92 Å². The normalized spacial score (nSPS) is 12.2. The Labute approximate surface area is 197 Å². The monoisotopic (exact) mass is 508 g/mol. The fraction of sp³-hybridized carbons (Fsp3) is 0.238. The number of aromatic nitrogens is 5. The SMILES string of the molecule is CCc1ccc2cnn(C)c2c1S(=O)(=O)Nc1ccc(-n2cc(C(F)(F)F)c(C(=O)OC)n2)nc1. The van der Waals surface area contributed by atoms with E-state index >= 15 is 0 Å². The first kappa shape index (κ1) is 24.2. The Hall–Kier alpha value is -3.94. The van der Waals surface area contributed by atoms with Crippen LogP contribution in [0, 0.1) is 0 Å². The van der Waals surface area contributed by atoms with Crippen LogP contribution in [0.5, 0.6) is 0 Å². The maximum absolute atomic E-state index is 13.3. The van der Waals surface area contributed by atoms with Gasteiger partial charge in [0, 0.05) is 18.6 Å². The summed E-state index contributed by atoms with van der Waals surface area (Å²) in [6.07, 6.45) is -1.09. The number of alkyl halides is 3. The lowest BCUT2D eigenvalue weighted by Gasteiger charge is -2.13. The van der Waals surface area contributed by atoms with Crippen molar-refractivity contribution in [3.8, 4) is 5.82 Å². The summed E-state index contributed by atoms with van der Waals surface area (Å²) in [7, 11) is -1.49. The number of hydrogen-bond acceptors (Lipinski definition) is 7. The van der Waals surface area contributed by atoms with E-state index in [0.717, 1.165) is 18.0 Å². The van der Waals surface area contributed by atoms with Crippen LogP contribution in [0.2, 0.25) is 0 Å². The van der Waals surface area contributed by atoms with E-state index in [-0.39, 0.29) is 16.4 Å². The molecule has 4 aromatic rings. The number of fused-ring (bicyclic) bond motifs is 1. The number of halogens is 3. The van der Waals surface area contributed by atoms with Gasteiger partial charge in [0.2, 0.25) is 0 Å². The molecule has 1 aromatic carbocycles. The van der Waals surface area contributed by atoms with E-state index in [4.69, 9.17) is 0 Å². The molecule has 3 heterocycles. The Morgan fingerprint density at radius 2 is 1.91 bits per heavy atom. The van der Waals surface area contributed by atoms with Crippen LogP contribution < -0.4 is 4.72 Å². The van der Waals surface area contributed by atoms with E-state index < -0.39 is 33.4 Å². The van der Waals surface area contributed by atoms with Crippen LogP contribution in [0.1, 0.15) is 28.5 Å². The first-order chi connectivity index (χ1) is 16.5. The van der Waals surface area contributed by atoms with Crippen LogP contribution in [0.25, 0.3) is 16.7 Å². The van der Waals surface area contributed by atoms with Gasteiger partial charge in [0.15, 0.2) is 11.5 Å². The zero-order valence-electron chi connectivity index (χ0n) is 18.7. The van der Waals surface area contributed by atoms with E-state index in [1.54, 1.807) is 25.4 Å². The van der Waals surface area contributed by atoms with E-state index in [0.29, 0.717) is 29.1 Å². The molecule has 35 heavy (non-hydrogen) atoms. The average Bonchev–Trinajstić information content (AvgIpc) is 3.43. The Balaban J connectivity index is 1.69. The minimum atomic E-state index is -4.85. The number of ether oxygens (including phenoxy) is 1. The van der Waals surface area contributed by atoms with Gasteiger partial charge in [-0.15, -0.1) is 0 Å². The third kappa shape index (κ3) is 4.43. The number of carbonyl (C=O) groups excluding carboxylic acids is 1. The predicted octanol–water partition coefficient (Wildman–Crippen LogP) is 3.32. The molecule has 14 heteroatoms. The van der Waals surface area contributed by atoms with Gasteiger partial charge in [-0.1, -0.05) is 19.1 Å². The van der Waals surface area contributed by atoms with Crippen molar-refractivity contribution in [1.82, 2.24) is 24.5 Å². The van der Waals surface area contributed by atoms with Crippen molar-refractivity contribution in [2.24, 2.45) is 7.05 Å². The van der Waals surface area contributed by atoms with Gasteiger partial charge >= 0.3 is 12.1 Å². The first-order valence-electron chi connectivity index (χ1n) is 10.1. The number of methoxy groups -OCH3 is 1. The molecule has 0 bridgehead atoms. The summed E-state index contributed by atoms with van der Waals surface area (Å²) in [5, 5.41) is 8.43. The zero-order valence-corrected chi connectivity index (χ0v) is 19.5. The highest BCUT2D eigenvalue weighted by Gasteiger charge is 2.39. The molecule has 0 amide bonds. The second-order valence-corrected chi connectivity index (χ2v) is 9.07. The van der Waals surface area contributed by atoms with Crippen molar-refractivity contribution in [2.75, 3.05) is 11.8 Å². The number of hydrogen-bond donors (Lipinski definition) is 1. The average molecular weight is 508 g/mol. The van der Waals surface area contributed by atoms with Crippen LogP contribution in [0.15, 0.2) is 47.8 Å². The molecule has 1 N–H and O–H groups in total. The van der Waals surface area contributed by atoms with Crippen molar-refractivity contribution in [3.05, 3.63) is 59.7 Å². The quantitative estimate of drug-likeness (QED) is 0.397. The largest absolute Gasteiger partial charge is 0.464 e. The molecule has 0 fully saturated rings. The van der Waals surface area contributed by atoms with Gasteiger partial charge in [0.05, 0.1) is 30.7 Å². The van der Waals surface area contributed by atoms with E-state index in [2.05, 4.69) is 24.6 Å². The highest BCUT2D eigenvalue weighted by Crippen LogP contribution is 2.33. The van der Waals surface area contributed by atoms with Gasteiger partial charge in [0.1, 0.15) is 10.5 Å². The maximum Gasteiger partial charge on any atom is 0.420 e. The molecular formula is C21H19F3N6O4S. The molecular weight excluding hydrogens is 489 g/mol. The fourth-order valence-electron chi connectivity index (χ4n) is 3.59. The van der Waals surface area contributed by atoms with Gasteiger partial charge in [-0.25, -0.2) is 22.9 Å². The summed E-state index contributed by atoms with van der Waals surface area (Å²) in [6, 6.07) is 6.09. The van der Waals surface area contributed by atoms with Crippen molar-refractivity contribution in [2.45, 2.75) is 24.4 Å². The third-order valence-electron chi connectivity index (χ3n) is 5.22. The van der Waals surface area contributed by atoms with Gasteiger partial charge in [-0.05, 0) is 24.1 Å². The lowest BCUT2D eigenvalue weighted by atomic mass is 10.1. The molecule has 3 aromatic heterocycles. The minimum absolute atomic E-state index is 0.0726. The van der Waals surface area contributed by atoms with Gasteiger partial charge < -0.3 is 4.74 Å². The number of pyridine rings is 1. The van der Waals surface area contributed by atoms with Crippen LogP contribution in [0.3, 0.4) is 0 Å². The molecule has 184 valence electrons. The summed E-state index contributed by atoms with van der Waals surface area (Å²) in [4.78, 5) is 15.8. The molecule has 0 spiro atoms. The Bertz CT molecular complexity index is 1530. The zero-order chi connectivity index (χ0) is 25.5. The highest BCUT2D eigenvalue weighted by molar-refractivity contribution is 7.93. The summed E-state index contributed by atoms with van der Waals surface area (Å²) in [6.45, 7) is 1.83. The summed E-state index contributed by atoms with van der Waals surface area (Å²) < 4.78 is 75.5. The molecule has 0 aliphatic carbocycles. The molecule has 0 saturated carbocycles. The van der Waals surface area contributed by atoms with Crippen molar-refractivity contribution >= 4 is 32.6 Å². The number of aryl methyl sites for hydroxylation is 2. The number of carbonyl (C=O) groups is 1. The molecule has 0 unspecified atom stereocenters. The standard InChI is InChI=1S/C21H19F3N6O4S/c1-4-12-5-6-13-9-26-29(2)18(13)19(12)35(32,33)28-14-7-8-16(25-10-14)30-11-15(21(22,23)24)17(27-30)20(31)34-3/h5-11,28H,4H2,1-3H3. The predicted molar refractivity (Wildman–Crippen MR) is 119 cm³/mol. The van der Waals surface area contributed by atoms with Crippen LogP contribution >= 0.6 is 0 Å². The van der Waals surface area contributed by atoms with Crippen molar-refractivity contribution in [1.29, 1.82) is 0 Å². The Morgan fingerprint density at radius 3 is 2.51 bits per heavy atom. The topological polar surface area (TPSA) is 121 Å². The van der Waals surface area contributed by atoms with Crippen LogP contribution in [-0.2, 0) is 34.4 Å². The number of rotatable bonds is 6. The minimum Gasteiger partial charge on any atom is -0.464 e. The second kappa shape index (κ2) is 8.69. The lowest BCUT2D eigenvalue weighted by Crippen LogP contribution is -2.17. The molecule has 0 atom stereocenters. The smallest absolute Gasteiger partial charge is 0.420 e. The number of benzene rings is 1. The molecule has 4 rings (SSSR count). The molecule has 0 aliphatic rings. The van der Waals surface area contributed by atoms with Crippen molar-refractivity contribution < 1.29 is 31.1 Å². The van der Waals surface area contributed by atoms with E-state index in [9.17, 15) is 26.4 Å². The van der Waals surface area contributed by atoms with Crippen LogP contribution in [-0.4, -0.2) is 46.0 Å². The summed E-state index contributed by atoms with van der Waals surface area (Å²) in [5.74, 6) is -1.33. The third-order valence-corrected chi connectivity index (χ3v) is 6.72. The van der Waals surface area contributed by atoms with Crippen molar-refractivity contribution in [3.63, 3.8) is 0 Å². The number of sulfonamides is 1. The second-order valence-electron chi connectivity index (χ2n) is 7.45. The molecule has 0 aliphatic heterocycles. The molecule has 0 radical (unpaired) electrons. The molecule has 0 saturated heterocycles. The fourth-order valence-corrected chi connectivity index (χ4v) is 5.18. The number of nitrogens with one attached hydrogen (secondary N) is 1. The summed E-state index contributed by atoms with van der Waals surface area (Å²) in [5.41, 5.74) is -1.10. The number of esters is 1. The lowest BCUT2D eigenvalue weighted by molar-refractivity contribution is -0.138. The molecule has 10 nitrogen and oxygen atoms in total. The highest BCUT2D eigenvalue weighted by atomic mass is 32.2. The Kier molecular flexibility index (Phi) is 6.00. The van der Waals surface area contributed by atoms with Crippen LogP contribution in [0.4, 0.5) is 18.9 Å². The Morgan fingerprint density at radius 1 is 1.17 bits per heavy atom. The number of nitrogens with zero attached hydrogens (tertiary/aromatic N) is 5.